The van der Waals surface area contributed by atoms with E-state index in [0.29, 0.717) is 5.02 Å². The van der Waals surface area contributed by atoms with Crippen LogP contribution in [-0.4, -0.2) is 19.1 Å². The summed E-state index contributed by atoms with van der Waals surface area (Å²) in [5, 5.41) is 3.28. The number of rotatable bonds is 5. The number of carbonyl (C=O) groups excluding carboxylic acids is 1. The second-order valence-corrected chi connectivity index (χ2v) is 6.00. The lowest BCUT2D eigenvalue weighted by molar-refractivity contribution is -0.116. The zero-order valence-corrected chi connectivity index (χ0v) is 15.1. The summed E-state index contributed by atoms with van der Waals surface area (Å²) in [6, 6.07) is 14.8. The van der Waals surface area contributed by atoms with E-state index in [1.807, 2.05) is 42.5 Å². The molecule has 122 valence electrons. The van der Waals surface area contributed by atoms with E-state index >= 15 is 0 Å². The van der Waals surface area contributed by atoms with Crippen molar-refractivity contribution in [3.05, 3.63) is 69.7 Å². The minimum Gasteiger partial charge on any atom is -0.481 e. The summed E-state index contributed by atoms with van der Waals surface area (Å²) in [5.41, 5.74) is 0.794. The summed E-state index contributed by atoms with van der Waals surface area (Å²) < 4.78 is 6.42. The lowest BCUT2D eigenvalue weighted by Gasteiger charge is -2.01. The molecule has 1 N–H and O–H groups in total. The molecular formula is C19H15BrClNO2. The number of ether oxygens (including phenoxy) is 1. The third kappa shape index (κ3) is 6.49. The minimum atomic E-state index is -0.225. The highest BCUT2D eigenvalue weighted by Crippen LogP contribution is 2.17. The molecule has 0 aromatic heterocycles. The fourth-order valence-electron chi connectivity index (χ4n) is 1.76. The topological polar surface area (TPSA) is 38.3 Å². The van der Waals surface area contributed by atoms with Crippen molar-refractivity contribution in [1.29, 1.82) is 0 Å². The molecule has 0 saturated heterocycles. The van der Waals surface area contributed by atoms with Crippen LogP contribution in [0.3, 0.4) is 0 Å². The fraction of sp³-hybridized carbons (Fsp3) is 0.105. The van der Waals surface area contributed by atoms with E-state index in [1.54, 1.807) is 12.1 Å². The first-order chi connectivity index (χ1) is 11.6. The fourth-order valence-corrected chi connectivity index (χ4v) is 2.33. The second-order valence-electron chi connectivity index (χ2n) is 4.67. The Morgan fingerprint density at radius 1 is 1.21 bits per heavy atom. The van der Waals surface area contributed by atoms with Gasteiger partial charge >= 0.3 is 0 Å². The Labute approximate surface area is 154 Å². The summed E-state index contributed by atoms with van der Waals surface area (Å²) >= 11 is 9.38. The molecule has 0 heterocycles. The summed E-state index contributed by atoms with van der Waals surface area (Å²) in [4.78, 5) is 11.7. The lowest BCUT2D eigenvalue weighted by atomic mass is 10.2. The summed E-state index contributed by atoms with van der Waals surface area (Å²) in [7, 11) is 0. The van der Waals surface area contributed by atoms with Crippen LogP contribution in [-0.2, 0) is 4.79 Å². The van der Waals surface area contributed by atoms with Gasteiger partial charge in [-0.15, -0.1) is 0 Å². The van der Waals surface area contributed by atoms with Crippen LogP contribution in [0, 0.1) is 11.8 Å². The van der Waals surface area contributed by atoms with Gasteiger partial charge in [-0.3, -0.25) is 4.79 Å². The predicted octanol–water partition coefficient (Wildman–Crippen LogP) is 4.31. The lowest BCUT2D eigenvalue weighted by Crippen LogP contribution is -2.21. The minimum absolute atomic E-state index is 0.225. The van der Waals surface area contributed by atoms with Crippen molar-refractivity contribution in [1.82, 2.24) is 5.32 Å². The van der Waals surface area contributed by atoms with E-state index in [-0.39, 0.29) is 19.1 Å². The number of hydrogen-bond donors (Lipinski definition) is 1. The molecule has 0 unspecified atom stereocenters. The Morgan fingerprint density at radius 3 is 2.83 bits per heavy atom. The van der Waals surface area contributed by atoms with Gasteiger partial charge in [0, 0.05) is 15.6 Å². The van der Waals surface area contributed by atoms with Crippen LogP contribution < -0.4 is 10.1 Å². The Hall–Kier alpha value is -2.22. The third-order valence-electron chi connectivity index (χ3n) is 2.90. The molecule has 0 saturated carbocycles. The van der Waals surface area contributed by atoms with Crippen LogP contribution in [0.5, 0.6) is 5.75 Å². The molecule has 2 rings (SSSR count). The summed E-state index contributed by atoms with van der Waals surface area (Å²) in [6.45, 7) is 0.523. The van der Waals surface area contributed by atoms with Crippen LogP contribution in [0.25, 0.3) is 6.08 Å². The monoisotopic (exact) mass is 403 g/mol. The molecule has 0 bridgehead atoms. The quantitative estimate of drug-likeness (QED) is 0.595. The number of nitrogens with one attached hydrogen (secondary N) is 1. The highest BCUT2D eigenvalue weighted by atomic mass is 79.9. The molecule has 0 spiro atoms. The average molecular weight is 405 g/mol. The molecule has 0 fully saturated rings. The first-order valence-corrected chi connectivity index (χ1v) is 8.37. The maximum Gasteiger partial charge on any atom is 0.244 e. The Bertz CT molecular complexity index is 793. The van der Waals surface area contributed by atoms with Crippen LogP contribution in [0.4, 0.5) is 0 Å². The Morgan fingerprint density at radius 2 is 2.04 bits per heavy atom. The molecule has 0 aliphatic rings. The van der Waals surface area contributed by atoms with E-state index in [4.69, 9.17) is 16.3 Å². The second kappa shape index (κ2) is 9.82. The third-order valence-corrected chi connectivity index (χ3v) is 3.74. The normalized spacial score (nSPS) is 10.1. The van der Waals surface area contributed by atoms with Gasteiger partial charge in [0.2, 0.25) is 5.91 Å². The first kappa shape index (κ1) is 18.1. The highest BCUT2D eigenvalue weighted by molar-refractivity contribution is 9.10. The van der Waals surface area contributed by atoms with Gasteiger partial charge in [-0.25, -0.2) is 0 Å². The van der Waals surface area contributed by atoms with Crippen molar-refractivity contribution < 1.29 is 9.53 Å². The smallest absolute Gasteiger partial charge is 0.244 e. The molecule has 24 heavy (non-hydrogen) atoms. The maximum absolute atomic E-state index is 11.7. The van der Waals surface area contributed by atoms with E-state index in [2.05, 4.69) is 33.1 Å². The molecule has 0 aliphatic heterocycles. The van der Waals surface area contributed by atoms with Gasteiger partial charge in [0.15, 0.2) is 0 Å². The molecule has 1 amide bonds. The molecule has 0 atom stereocenters. The molecule has 0 radical (unpaired) electrons. The van der Waals surface area contributed by atoms with Crippen LogP contribution >= 0.6 is 27.5 Å². The van der Waals surface area contributed by atoms with E-state index in [1.165, 1.54) is 6.08 Å². The van der Waals surface area contributed by atoms with Gasteiger partial charge in [0.05, 0.1) is 6.54 Å². The zero-order chi connectivity index (χ0) is 17.2. The Kier molecular flexibility index (Phi) is 7.41. The number of halogens is 2. The highest BCUT2D eigenvalue weighted by Gasteiger charge is 1.96. The van der Waals surface area contributed by atoms with Crippen molar-refractivity contribution in [2.24, 2.45) is 0 Å². The molecule has 5 heteroatoms. The van der Waals surface area contributed by atoms with E-state index < -0.39 is 0 Å². The SMILES string of the molecule is O=C(/C=C/c1ccccc1Cl)NCC#CCOc1cccc(Br)c1. The average Bonchev–Trinajstić information content (AvgIpc) is 2.57. The molecule has 2 aromatic rings. The van der Waals surface area contributed by atoms with Crippen molar-refractivity contribution in [2.45, 2.75) is 0 Å². The first-order valence-electron chi connectivity index (χ1n) is 7.19. The van der Waals surface area contributed by atoms with Crippen molar-refractivity contribution in [3.8, 4) is 17.6 Å². The van der Waals surface area contributed by atoms with Crippen LogP contribution in [0.1, 0.15) is 5.56 Å². The number of hydrogen-bond acceptors (Lipinski definition) is 2. The van der Waals surface area contributed by atoms with Gasteiger partial charge in [0.1, 0.15) is 12.4 Å². The molecule has 0 aliphatic carbocycles. The standard InChI is InChI=1S/C19H15BrClNO2/c20-16-7-5-8-17(14-16)24-13-4-3-12-22-19(23)11-10-15-6-1-2-9-18(15)21/h1-2,5-11,14H,12-13H2,(H,22,23)/b11-10+. The van der Waals surface area contributed by atoms with Gasteiger partial charge in [-0.2, -0.15) is 0 Å². The maximum atomic E-state index is 11.7. The summed E-state index contributed by atoms with van der Waals surface area (Å²) in [6.07, 6.45) is 3.10. The van der Waals surface area contributed by atoms with Gasteiger partial charge in [-0.05, 0) is 35.9 Å². The van der Waals surface area contributed by atoms with Crippen LogP contribution in [0.15, 0.2) is 59.1 Å². The van der Waals surface area contributed by atoms with Crippen molar-refractivity contribution >= 4 is 39.5 Å². The number of amides is 1. The molecular weight excluding hydrogens is 390 g/mol. The molecule has 3 nitrogen and oxygen atoms in total. The summed E-state index contributed by atoms with van der Waals surface area (Å²) in [5.74, 6) is 6.19. The van der Waals surface area contributed by atoms with E-state index in [9.17, 15) is 4.79 Å². The Balaban J connectivity index is 1.70. The largest absolute Gasteiger partial charge is 0.481 e. The van der Waals surface area contributed by atoms with Crippen molar-refractivity contribution in [3.63, 3.8) is 0 Å². The van der Waals surface area contributed by atoms with Crippen LogP contribution in [0.2, 0.25) is 5.02 Å². The van der Waals surface area contributed by atoms with Gasteiger partial charge < -0.3 is 10.1 Å². The van der Waals surface area contributed by atoms with Gasteiger partial charge in [0.25, 0.3) is 0 Å². The number of benzene rings is 2. The molecule has 2 aromatic carbocycles. The number of carbonyl (C=O) groups is 1. The predicted molar refractivity (Wildman–Crippen MR) is 101 cm³/mol. The zero-order valence-electron chi connectivity index (χ0n) is 12.8. The van der Waals surface area contributed by atoms with E-state index in [0.717, 1.165) is 15.8 Å². The van der Waals surface area contributed by atoms with Crippen molar-refractivity contribution in [2.75, 3.05) is 13.2 Å². The van der Waals surface area contributed by atoms with Gasteiger partial charge in [-0.1, -0.05) is 63.6 Å².